The third kappa shape index (κ3) is 6.42. The van der Waals surface area contributed by atoms with Crippen molar-refractivity contribution in [3.63, 3.8) is 0 Å². The molecule has 1 aliphatic rings. The number of methoxy groups -OCH3 is 1. The van der Waals surface area contributed by atoms with Gasteiger partial charge in [-0.1, -0.05) is 19.1 Å². The van der Waals surface area contributed by atoms with Crippen LogP contribution in [0.25, 0.3) is 0 Å². The summed E-state index contributed by atoms with van der Waals surface area (Å²) >= 11 is 0. The van der Waals surface area contributed by atoms with E-state index in [0.29, 0.717) is 13.1 Å². The number of hydrogen-bond donors (Lipinski definition) is 1. The molecule has 0 saturated carbocycles. The molecule has 2 aromatic carbocycles. The van der Waals surface area contributed by atoms with E-state index in [2.05, 4.69) is 31.0 Å². The lowest BCUT2D eigenvalue weighted by Crippen LogP contribution is -2.47. The second kappa shape index (κ2) is 11.6. The average molecular weight is 470 g/mol. The van der Waals surface area contributed by atoms with E-state index < -0.39 is 0 Å². The molecular weight excluding hydrogens is 430 g/mol. The Labute approximate surface area is 203 Å². The molecule has 7 nitrogen and oxygen atoms in total. The highest BCUT2D eigenvalue weighted by Gasteiger charge is 2.31. The Morgan fingerprint density at radius 3 is 2.50 bits per heavy atom. The predicted molar refractivity (Wildman–Crippen MR) is 136 cm³/mol. The van der Waals surface area contributed by atoms with Gasteiger partial charge in [-0.25, -0.2) is 0 Å². The summed E-state index contributed by atoms with van der Waals surface area (Å²) in [6, 6.07) is 13.9. The van der Waals surface area contributed by atoms with Crippen LogP contribution in [0, 0.1) is 5.92 Å². The van der Waals surface area contributed by atoms with Crippen molar-refractivity contribution in [3.8, 4) is 11.5 Å². The Bertz CT molecular complexity index is 947. The van der Waals surface area contributed by atoms with Gasteiger partial charge in [0, 0.05) is 50.9 Å². The zero-order valence-electron chi connectivity index (χ0n) is 21.3. The molecule has 1 amide bonds. The van der Waals surface area contributed by atoms with Gasteiger partial charge >= 0.3 is 0 Å². The van der Waals surface area contributed by atoms with E-state index in [1.807, 2.05) is 61.2 Å². The summed E-state index contributed by atoms with van der Waals surface area (Å²) < 4.78 is 11.9. The fourth-order valence-corrected chi connectivity index (χ4v) is 4.33. The van der Waals surface area contributed by atoms with Gasteiger partial charge in [-0.05, 0) is 49.9 Å². The van der Waals surface area contributed by atoms with Crippen LogP contribution in [-0.4, -0.2) is 80.9 Å². The molecule has 0 aromatic heterocycles. The molecule has 0 bridgehead atoms. The molecule has 0 unspecified atom stereocenters. The van der Waals surface area contributed by atoms with E-state index in [0.717, 1.165) is 29.3 Å². The van der Waals surface area contributed by atoms with Crippen molar-refractivity contribution in [2.75, 3.05) is 52.8 Å². The molecule has 0 aliphatic carbocycles. The van der Waals surface area contributed by atoms with E-state index >= 15 is 0 Å². The standard InChI is InChI=1S/C27H39N3O4/c1-19-15-30(20(2)18-31)27(32)14-22-13-23(28(3)4)9-12-25(22)34-26(19)17-29(5)16-21-7-10-24(33-6)11-8-21/h7-13,19-20,26,31H,14-18H2,1-6H3/t19-,20-,26-/m0/s1. The Kier molecular flexibility index (Phi) is 8.80. The number of likely N-dealkylation sites (N-methyl/N-ethyl adjacent to an activating group) is 1. The van der Waals surface area contributed by atoms with Crippen LogP contribution in [0.1, 0.15) is 25.0 Å². The van der Waals surface area contributed by atoms with Crippen LogP contribution < -0.4 is 14.4 Å². The fourth-order valence-electron chi connectivity index (χ4n) is 4.33. The van der Waals surface area contributed by atoms with Crippen molar-refractivity contribution >= 4 is 11.6 Å². The maximum Gasteiger partial charge on any atom is 0.227 e. The lowest BCUT2D eigenvalue weighted by molar-refractivity contribution is -0.134. The van der Waals surface area contributed by atoms with Crippen molar-refractivity contribution in [3.05, 3.63) is 53.6 Å². The molecule has 0 radical (unpaired) electrons. The highest BCUT2D eigenvalue weighted by Crippen LogP contribution is 2.30. The maximum absolute atomic E-state index is 13.3. The smallest absolute Gasteiger partial charge is 0.227 e. The van der Waals surface area contributed by atoms with Crippen LogP contribution in [0.15, 0.2) is 42.5 Å². The lowest BCUT2D eigenvalue weighted by atomic mass is 10.0. The molecule has 0 spiro atoms. The second-order valence-corrected chi connectivity index (χ2v) is 9.62. The monoisotopic (exact) mass is 469 g/mol. The Hall–Kier alpha value is -2.77. The van der Waals surface area contributed by atoms with Gasteiger partial charge in [0.1, 0.15) is 17.6 Å². The minimum Gasteiger partial charge on any atom is -0.497 e. The first-order valence-electron chi connectivity index (χ1n) is 11.9. The first-order valence-corrected chi connectivity index (χ1v) is 11.9. The number of hydrogen-bond acceptors (Lipinski definition) is 6. The predicted octanol–water partition coefficient (Wildman–Crippen LogP) is 3.04. The first-order chi connectivity index (χ1) is 16.2. The Morgan fingerprint density at radius 2 is 1.88 bits per heavy atom. The molecule has 0 fully saturated rings. The summed E-state index contributed by atoms with van der Waals surface area (Å²) in [6.45, 7) is 5.97. The quantitative estimate of drug-likeness (QED) is 0.641. The first kappa shape index (κ1) is 25.8. The van der Waals surface area contributed by atoms with Crippen LogP contribution in [-0.2, 0) is 17.8 Å². The lowest BCUT2D eigenvalue weighted by Gasteiger charge is -2.34. The van der Waals surface area contributed by atoms with E-state index in [4.69, 9.17) is 9.47 Å². The van der Waals surface area contributed by atoms with Crippen molar-refractivity contribution in [1.29, 1.82) is 0 Å². The van der Waals surface area contributed by atoms with Crippen LogP contribution >= 0.6 is 0 Å². The van der Waals surface area contributed by atoms with Crippen molar-refractivity contribution in [2.24, 2.45) is 5.92 Å². The minimum absolute atomic E-state index is 0.0152. The highest BCUT2D eigenvalue weighted by atomic mass is 16.5. The molecule has 3 atom stereocenters. The summed E-state index contributed by atoms with van der Waals surface area (Å²) in [5.74, 6) is 1.69. The summed E-state index contributed by atoms with van der Waals surface area (Å²) in [6.07, 6.45) is 0.133. The summed E-state index contributed by atoms with van der Waals surface area (Å²) in [4.78, 5) is 19.3. The summed E-state index contributed by atoms with van der Waals surface area (Å²) in [5.41, 5.74) is 3.10. The number of benzene rings is 2. The van der Waals surface area contributed by atoms with Gasteiger partial charge in [0.25, 0.3) is 0 Å². The zero-order chi connectivity index (χ0) is 24.8. The molecule has 0 saturated heterocycles. The van der Waals surface area contributed by atoms with Crippen LogP contribution in [0.5, 0.6) is 11.5 Å². The average Bonchev–Trinajstić information content (AvgIpc) is 2.86. The number of rotatable bonds is 8. The number of ether oxygens (including phenoxy) is 2. The van der Waals surface area contributed by atoms with Crippen LogP contribution in [0.3, 0.4) is 0 Å². The van der Waals surface area contributed by atoms with Gasteiger partial charge in [0.2, 0.25) is 5.91 Å². The number of carbonyl (C=O) groups is 1. The largest absolute Gasteiger partial charge is 0.497 e. The number of nitrogens with zero attached hydrogens (tertiary/aromatic N) is 3. The van der Waals surface area contributed by atoms with Crippen molar-refractivity contribution in [2.45, 2.75) is 39.0 Å². The normalized spacial score (nSPS) is 19.5. The molecule has 2 aromatic rings. The van der Waals surface area contributed by atoms with Gasteiger partial charge in [-0.2, -0.15) is 0 Å². The SMILES string of the molecule is COc1ccc(CN(C)C[C@@H]2Oc3ccc(N(C)C)cc3CC(=O)N([C@@H](C)CO)C[C@@H]2C)cc1. The topological polar surface area (TPSA) is 65.5 Å². The van der Waals surface area contributed by atoms with E-state index in [9.17, 15) is 9.90 Å². The molecule has 186 valence electrons. The number of aliphatic hydroxyl groups excluding tert-OH is 1. The third-order valence-electron chi connectivity index (χ3n) is 6.52. The highest BCUT2D eigenvalue weighted by molar-refractivity contribution is 5.80. The second-order valence-electron chi connectivity index (χ2n) is 9.62. The number of carbonyl (C=O) groups excluding carboxylic acids is 1. The molecule has 7 heteroatoms. The number of amides is 1. The van der Waals surface area contributed by atoms with Gasteiger partial charge in [-0.15, -0.1) is 0 Å². The Balaban J connectivity index is 1.86. The number of fused-ring (bicyclic) bond motifs is 1. The summed E-state index contributed by atoms with van der Waals surface area (Å²) in [5, 5.41) is 9.80. The molecule has 1 N–H and O–H groups in total. The van der Waals surface area contributed by atoms with E-state index in [1.54, 1.807) is 7.11 Å². The summed E-state index contributed by atoms with van der Waals surface area (Å²) in [7, 11) is 7.72. The van der Waals surface area contributed by atoms with Gasteiger partial charge in [0.15, 0.2) is 0 Å². The van der Waals surface area contributed by atoms with Crippen LogP contribution in [0.2, 0.25) is 0 Å². The molecule has 3 rings (SSSR count). The zero-order valence-corrected chi connectivity index (χ0v) is 21.3. The van der Waals surface area contributed by atoms with Crippen molar-refractivity contribution in [1.82, 2.24) is 9.80 Å². The molecule has 34 heavy (non-hydrogen) atoms. The third-order valence-corrected chi connectivity index (χ3v) is 6.52. The van der Waals surface area contributed by atoms with Gasteiger partial charge in [-0.3, -0.25) is 9.69 Å². The fraction of sp³-hybridized carbons (Fsp3) is 0.519. The number of aliphatic hydroxyl groups is 1. The molecule has 1 aliphatic heterocycles. The van der Waals surface area contributed by atoms with Gasteiger partial charge < -0.3 is 24.4 Å². The van der Waals surface area contributed by atoms with Gasteiger partial charge in [0.05, 0.1) is 26.2 Å². The minimum atomic E-state index is -0.244. The van der Waals surface area contributed by atoms with Crippen molar-refractivity contribution < 1.29 is 19.4 Å². The van der Waals surface area contributed by atoms with Crippen LogP contribution in [0.4, 0.5) is 5.69 Å². The Morgan fingerprint density at radius 1 is 1.18 bits per heavy atom. The maximum atomic E-state index is 13.3. The molecule has 1 heterocycles. The molecular formula is C27H39N3O4. The number of anilines is 1. The van der Waals surface area contributed by atoms with E-state index in [1.165, 1.54) is 5.56 Å². The van der Waals surface area contributed by atoms with E-state index in [-0.39, 0.29) is 37.0 Å².